The average molecular weight is 297 g/mol. The molecule has 116 valence electrons. The Morgan fingerprint density at radius 3 is 2.41 bits per heavy atom. The van der Waals surface area contributed by atoms with E-state index in [9.17, 15) is 4.79 Å². The van der Waals surface area contributed by atoms with Gasteiger partial charge in [0.25, 0.3) is 5.91 Å². The SMILES string of the molecule is CC(C)CNC(=O)c1ccc(NC(C)c2ccccc2)cn1. The van der Waals surface area contributed by atoms with Crippen LogP contribution in [0, 0.1) is 5.92 Å². The number of benzene rings is 1. The Morgan fingerprint density at radius 2 is 1.82 bits per heavy atom. The Morgan fingerprint density at radius 1 is 1.09 bits per heavy atom. The Bertz CT molecular complexity index is 593. The third kappa shape index (κ3) is 4.58. The highest BCUT2D eigenvalue weighted by molar-refractivity contribution is 5.92. The first kappa shape index (κ1) is 16.0. The number of nitrogens with one attached hydrogen (secondary N) is 2. The van der Waals surface area contributed by atoms with Crippen molar-refractivity contribution in [2.75, 3.05) is 11.9 Å². The van der Waals surface area contributed by atoms with Gasteiger partial charge in [-0.3, -0.25) is 4.79 Å². The van der Waals surface area contributed by atoms with Gasteiger partial charge in [0.05, 0.1) is 11.9 Å². The van der Waals surface area contributed by atoms with Gasteiger partial charge in [0.1, 0.15) is 5.69 Å². The molecule has 22 heavy (non-hydrogen) atoms. The summed E-state index contributed by atoms with van der Waals surface area (Å²) in [5.41, 5.74) is 2.55. The predicted molar refractivity (Wildman–Crippen MR) is 89.9 cm³/mol. The molecule has 2 N–H and O–H groups in total. The molecule has 0 aliphatic rings. The average Bonchev–Trinajstić information content (AvgIpc) is 2.54. The van der Waals surface area contributed by atoms with Crippen molar-refractivity contribution in [3.63, 3.8) is 0 Å². The third-order valence-corrected chi connectivity index (χ3v) is 3.35. The normalized spacial score (nSPS) is 12.0. The summed E-state index contributed by atoms with van der Waals surface area (Å²) in [5, 5.41) is 6.24. The van der Waals surface area contributed by atoms with Crippen molar-refractivity contribution in [1.82, 2.24) is 10.3 Å². The van der Waals surface area contributed by atoms with Crippen LogP contribution < -0.4 is 10.6 Å². The maximum atomic E-state index is 11.9. The van der Waals surface area contributed by atoms with Gasteiger partial charge in [-0.2, -0.15) is 0 Å². The topological polar surface area (TPSA) is 54.0 Å². The summed E-state index contributed by atoms with van der Waals surface area (Å²) < 4.78 is 0. The fraction of sp³-hybridized carbons (Fsp3) is 0.333. The van der Waals surface area contributed by atoms with Crippen molar-refractivity contribution in [2.45, 2.75) is 26.8 Å². The molecule has 0 fully saturated rings. The van der Waals surface area contributed by atoms with E-state index in [0.717, 1.165) is 5.69 Å². The van der Waals surface area contributed by atoms with Gasteiger partial charge in [-0.15, -0.1) is 0 Å². The monoisotopic (exact) mass is 297 g/mol. The minimum atomic E-state index is -0.128. The van der Waals surface area contributed by atoms with Gasteiger partial charge < -0.3 is 10.6 Å². The second kappa shape index (κ2) is 7.59. The van der Waals surface area contributed by atoms with Gasteiger partial charge in [-0.25, -0.2) is 4.98 Å². The van der Waals surface area contributed by atoms with Crippen molar-refractivity contribution in [2.24, 2.45) is 5.92 Å². The van der Waals surface area contributed by atoms with Crippen LogP contribution in [0.2, 0.25) is 0 Å². The number of aromatic nitrogens is 1. The molecule has 1 aromatic heterocycles. The van der Waals surface area contributed by atoms with Crippen molar-refractivity contribution < 1.29 is 4.79 Å². The van der Waals surface area contributed by atoms with Crippen molar-refractivity contribution in [3.8, 4) is 0 Å². The number of anilines is 1. The predicted octanol–water partition coefficient (Wildman–Crippen LogP) is 3.64. The Balaban J connectivity index is 1.96. The summed E-state index contributed by atoms with van der Waals surface area (Å²) in [6.07, 6.45) is 1.70. The Hall–Kier alpha value is -2.36. The lowest BCUT2D eigenvalue weighted by Crippen LogP contribution is -2.28. The first-order valence-electron chi connectivity index (χ1n) is 7.62. The lowest BCUT2D eigenvalue weighted by Gasteiger charge is -2.15. The molecule has 2 rings (SSSR count). The summed E-state index contributed by atoms with van der Waals surface area (Å²) >= 11 is 0. The number of hydrogen-bond acceptors (Lipinski definition) is 3. The highest BCUT2D eigenvalue weighted by atomic mass is 16.1. The number of hydrogen-bond donors (Lipinski definition) is 2. The number of nitrogens with zero attached hydrogens (tertiary/aromatic N) is 1. The molecular weight excluding hydrogens is 274 g/mol. The highest BCUT2D eigenvalue weighted by Crippen LogP contribution is 2.18. The van der Waals surface area contributed by atoms with Crippen molar-refractivity contribution >= 4 is 11.6 Å². The van der Waals surface area contributed by atoms with Crippen LogP contribution in [0.3, 0.4) is 0 Å². The quantitative estimate of drug-likeness (QED) is 0.856. The molecule has 0 aliphatic carbocycles. The van der Waals surface area contributed by atoms with Crippen molar-refractivity contribution in [1.29, 1.82) is 0 Å². The molecule has 1 aromatic carbocycles. The van der Waals surface area contributed by atoms with Crippen LogP contribution in [0.25, 0.3) is 0 Å². The molecule has 1 unspecified atom stereocenters. The van der Waals surface area contributed by atoms with Gasteiger partial charge >= 0.3 is 0 Å². The summed E-state index contributed by atoms with van der Waals surface area (Å²) in [5.74, 6) is 0.299. The fourth-order valence-corrected chi connectivity index (χ4v) is 2.08. The largest absolute Gasteiger partial charge is 0.377 e. The van der Waals surface area contributed by atoms with Crippen LogP contribution in [0.1, 0.15) is 42.9 Å². The third-order valence-electron chi connectivity index (χ3n) is 3.35. The Kier molecular flexibility index (Phi) is 5.53. The van der Waals surface area contributed by atoms with Gasteiger partial charge in [0.2, 0.25) is 0 Å². The maximum Gasteiger partial charge on any atom is 0.269 e. The number of rotatable bonds is 6. The molecule has 4 heteroatoms. The second-order valence-corrected chi connectivity index (χ2v) is 5.81. The maximum absolute atomic E-state index is 11.9. The standard InChI is InChI=1S/C18H23N3O/c1-13(2)11-20-18(22)17-10-9-16(12-19-17)21-14(3)15-7-5-4-6-8-15/h4-10,12-14,21H,11H2,1-3H3,(H,20,22). The molecule has 0 radical (unpaired) electrons. The number of amides is 1. The number of carbonyl (C=O) groups is 1. The molecule has 1 atom stereocenters. The summed E-state index contributed by atoms with van der Waals surface area (Å²) in [6, 6.07) is 14.0. The van der Waals surface area contributed by atoms with E-state index in [1.807, 2.05) is 24.3 Å². The van der Waals surface area contributed by atoms with Crippen LogP contribution >= 0.6 is 0 Å². The second-order valence-electron chi connectivity index (χ2n) is 5.81. The molecule has 0 saturated heterocycles. The van der Waals surface area contributed by atoms with E-state index in [4.69, 9.17) is 0 Å². The molecule has 0 bridgehead atoms. The van der Waals surface area contributed by atoms with Gasteiger partial charge in [0.15, 0.2) is 0 Å². The molecule has 0 saturated carbocycles. The minimum Gasteiger partial charge on any atom is -0.377 e. The molecule has 1 heterocycles. The van der Waals surface area contributed by atoms with Crippen LogP contribution in [-0.4, -0.2) is 17.4 Å². The van der Waals surface area contributed by atoms with Gasteiger partial charge in [-0.05, 0) is 30.5 Å². The zero-order chi connectivity index (χ0) is 15.9. The summed E-state index contributed by atoms with van der Waals surface area (Å²) in [7, 11) is 0. The molecular formula is C18H23N3O. The van der Waals surface area contributed by atoms with E-state index in [-0.39, 0.29) is 11.9 Å². The summed E-state index contributed by atoms with van der Waals surface area (Å²) in [6.45, 7) is 6.88. The van der Waals surface area contributed by atoms with E-state index in [1.165, 1.54) is 5.56 Å². The minimum absolute atomic E-state index is 0.128. The molecule has 1 amide bonds. The van der Waals surface area contributed by atoms with Gasteiger partial charge in [-0.1, -0.05) is 44.2 Å². The fourth-order valence-electron chi connectivity index (χ4n) is 2.08. The zero-order valence-electron chi connectivity index (χ0n) is 13.3. The lowest BCUT2D eigenvalue weighted by molar-refractivity contribution is 0.0944. The van der Waals surface area contributed by atoms with Crippen molar-refractivity contribution in [3.05, 3.63) is 59.9 Å². The highest BCUT2D eigenvalue weighted by Gasteiger charge is 2.09. The van der Waals surface area contributed by atoms with Crippen LogP contribution in [-0.2, 0) is 0 Å². The van der Waals surface area contributed by atoms with Crippen LogP contribution in [0.4, 0.5) is 5.69 Å². The lowest BCUT2D eigenvalue weighted by atomic mass is 10.1. The van der Waals surface area contributed by atoms with Gasteiger partial charge in [0, 0.05) is 12.6 Å². The molecule has 4 nitrogen and oxygen atoms in total. The summed E-state index contributed by atoms with van der Waals surface area (Å²) in [4.78, 5) is 16.1. The first-order chi connectivity index (χ1) is 10.6. The van der Waals surface area contributed by atoms with E-state index in [2.05, 4.69) is 48.5 Å². The van der Waals surface area contributed by atoms with Crippen LogP contribution in [0.5, 0.6) is 0 Å². The number of carbonyl (C=O) groups excluding carboxylic acids is 1. The van der Waals surface area contributed by atoms with Crippen LogP contribution in [0.15, 0.2) is 48.7 Å². The molecule has 0 aliphatic heterocycles. The van der Waals surface area contributed by atoms with E-state index < -0.39 is 0 Å². The van der Waals surface area contributed by atoms with E-state index in [0.29, 0.717) is 18.2 Å². The smallest absolute Gasteiger partial charge is 0.269 e. The van der Waals surface area contributed by atoms with E-state index >= 15 is 0 Å². The van der Waals surface area contributed by atoms with E-state index in [1.54, 1.807) is 12.3 Å². The zero-order valence-corrected chi connectivity index (χ0v) is 13.3. The number of pyridine rings is 1. The first-order valence-corrected chi connectivity index (χ1v) is 7.62. The molecule has 0 spiro atoms. The Labute approximate surface area is 132 Å². The molecule has 2 aromatic rings.